The Morgan fingerprint density at radius 3 is 2.46 bits per heavy atom. The molecule has 0 radical (unpaired) electrons. The smallest absolute Gasteiger partial charge is 0.332 e. The van der Waals surface area contributed by atoms with E-state index in [4.69, 9.17) is 0 Å². The highest BCUT2D eigenvalue weighted by Gasteiger charge is 2.47. The van der Waals surface area contributed by atoms with Gasteiger partial charge in [-0.05, 0) is 48.7 Å². The molecule has 4 amide bonds. The Kier molecular flexibility index (Phi) is 4.63. The molecule has 1 saturated heterocycles. The molecule has 2 heterocycles. The highest BCUT2D eigenvalue weighted by Crippen LogP contribution is 2.32. The number of hydrogen-bond acceptors (Lipinski definition) is 3. The second kappa shape index (κ2) is 7.11. The van der Waals surface area contributed by atoms with E-state index in [1.807, 2.05) is 38.1 Å². The summed E-state index contributed by atoms with van der Waals surface area (Å²) in [5.74, 6) is -0.371. The Morgan fingerprint density at radius 1 is 1.11 bits per heavy atom. The van der Waals surface area contributed by atoms with Gasteiger partial charge in [0.15, 0.2) is 0 Å². The molecule has 2 aliphatic rings. The van der Waals surface area contributed by atoms with Crippen molar-refractivity contribution in [3.05, 3.63) is 65.2 Å². The molecule has 0 unspecified atom stereocenters. The molecule has 2 aromatic carbocycles. The van der Waals surface area contributed by atoms with Crippen molar-refractivity contribution in [2.24, 2.45) is 0 Å². The third-order valence-corrected chi connectivity index (χ3v) is 5.57. The van der Waals surface area contributed by atoms with Crippen molar-refractivity contribution >= 4 is 23.5 Å². The van der Waals surface area contributed by atoms with Crippen molar-refractivity contribution in [1.29, 1.82) is 0 Å². The molecule has 0 aliphatic carbocycles. The first-order chi connectivity index (χ1) is 13.5. The molecule has 0 aromatic heterocycles. The van der Waals surface area contributed by atoms with Gasteiger partial charge in [-0.15, -0.1) is 0 Å². The molecule has 4 rings (SSSR count). The minimum Gasteiger partial charge on any atom is -0.350 e. The summed E-state index contributed by atoms with van der Waals surface area (Å²) in [6, 6.07) is 13.9. The number of imide groups is 1. The summed E-state index contributed by atoms with van der Waals surface area (Å²) in [5.41, 5.74) is 3.20. The number of nitrogens with one attached hydrogen (secondary N) is 1. The first-order valence-electron chi connectivity index (χ1n) is 9.62. The fraction of sp³-hybridized carbons (Fsp3) is 0.318. The van der Waals surface area contributed by atoms with Gasteiger partial charge in [0.2, 0.25) is 0 Å². The van der Waals surface area contributed by atoms with Crippen LogP contribution in [0, 0.1) is 0 Å². The molecule has 1 N–H and O–H groups in total. The van der Waals surface area contributed by atoms with Gasteiger partial charge < -0.3 is 10.2 Å². The van der Waals surface area contributed by atoms with Gasteiger partial charge in [-0.1, -0.05) is 31.2 Å². The Morgan fingerprint density at radius 2 is 1.79 bits per heavy atom. The van der Waals surface area contributed by atoms with E-state index in [-0.39, 0.29) is 23.9 Å². The van der Waals surface area contributed by atoms with Gasteiger partial charge in [0.05, 0.1) is 5.69 Å². The highest BCUT2D eigenvalue weighted by molar-refractivity contribution is 6.21. The van der Waals surface area contributed by atoms with Crippen molar-refractivity contribution in [3.8, 4) is 0 Å². The number of fused-ring (bicyclic) bond motifs is 2. The SMILES string of the molecule is CC[C@@H](C)NC(=O)c1ccc(N2C(=O)[C@@H]3Cc4ccccc4CN3C2=O)cc1. The first-order valence-corrected chi connectivity index (χ1v) is 9.62. The van der Waals surface area contributed by atoms with Gasteiger partial charge in [-0.25, -0.2) is 9.69 Å². The lowest BCUT2D eigenvalue weighted by Gasteiger charge is -2.28. The normalized spacial score (nSPS) is 19.3. The number of amides is 4. The number of nitrogens with zero attached hydrogens (tertiary/aromatic N) is 2. The number of anilines is 1. The lowest BCUT2D eigenvalue weighted by atomic mass is 9.95. The van der Waals surface area contributed by atoms with E-state index in [0.29, 0.717) is 24.2 Å². The summed E-state index contributed by atoms with van der Waals surface area (Å²) in [4.78, 5) is 41.0. The van der Waals surface area contributed by atoms with Crippen molar-refractivity contribution in [3.63, 3.8) is 0 Å². The largest absolute Gasteiger partial charge is 0.350 e. The molecular formula is C22H23N3O3. The Balaban J connectivity index is 1.55. The third-order valence-electron chi connectivity index (χ3n) is 5.57. The van der Waals surface area contributed by atoms with Crippen LogP contribution < -0.4 is 10.2 Å². The predicted molar refractivity (Wildman–Crippen MR) is 106 cm³/mol. The van der Waals surface area contributed by atoms with Gasteiger partial charge >= 0.3 is 6.03 Å². The number of rotatable bonds is 4. The van der Waals surface area contributed by atoms with Crippen LogP contribution in [0.2, 0.25) is 0 Å². The Labute approximate surface area is 164 Å². The summed E-state index contributed by atoms with van der Waals surface area (Å²) in [6.07, 6.45) is 1.38. The number of urea groups is 1. The highest BCUT2D eigenvalue weighted by atomic mass is 16.2. The lowest BCUT2D eigenvalue weighted by molar-refractivity contribution is -0.120. The zero-order chi connectivity index (χ0) is 19.8. The van der Waals surface area contributed by atoms with Crippen LogP contribution in [0.15, 0.2) is 48.5 Å². The van der Waals surface area contributed by atoms with Crippen LogP contribution >= 0.6 is 0 Å². The van der Waals surface area contributed by atoms with Gasteiger partial charge in [-0.2, -0.15) is 0 Å². The minimum absolute atomic E-state index is 0.0893. The van der Waals surface area contributed by atoms with Crippen LogP contribution in [0.1, 0.15) is 41.8 Å². The molecule has 28 heavy (non-hydrogen) atoms. The van der Waals surface area contributed by atoms with Crippen LogP contribution in [0.5, 0.6) is 0 Å². The average Bonchev–Trinajstić information content (AvgIpc) is 2.96. The zero-order valence-electron chi connectivity index (χ0n) is 16.0. The van der Waals surface area contributed by atoms with Crippen molar-refractivity contribution in [2.45, 2.75) is 45.3 Å². The van der Waals surface area contributed by atoms with E-state index in [9.17, 15) is 14.4 Å². The molecule has 0 bridgehead atoms. The zero-order valence-corrected chi connectivity index (χ0v) is 16.0. The number of carbonyl (C=O) groups is 3. The van der Waals surface area contributed by atoms with E-state index in [2.05, 4.69) is 5.32 Å². The number of carbonyl (C=O) groups excluding carboxylic acids is 3. The summed E-state index contributed by atoms with van der Waals surface area (Å²) in [7, 11) is 0. The molecule has 6 nitrogen and oxygen atoms in total. The van der Waals surface area contributed by atoms with E-state index >= 15 is 0 Å². The predicted octanol–water partition coefficient (Wildman–Crippen LogP) is 3.11. The molecule has 2 atom stereocenters. The molecule has 2 aliphatic heterocycles. The van der Waals surface area contributed by atoms with Crippen molar-refractivity contribution in [2.75, 3.05) is 4.90 Å². The second-order valence-corrected chi connectivity index (χ2v) is 7.40. The number of hydrogen-bond donors (Lipinski definition) is 1. The molecule has 144 valence electrons. The molecule has 0 saturated carbocycles. The second-order valence-electron chi connectivity index (χ2n) is 7.40. The van der Waals surface area contributed by atoms with Crippen LogP contribution in [0.25, 0.3) is 0 Å². The van der Waals surface area contributed by atoms with Crippen molar-refractivity contribution in [1.82, 2.24) is 10.2 Å². The van der Waals surface area contributed by atoms with Gasteiger partial charge in [0, 0.05) is 24.6 Å². The molecule has 2 aromatic rings. The van der Waals surface area contributed by atoms with Crippen LogP contribution in [-0.2, 0) is 17.8 Å². The Hall–Kier alpha value is -3.15. The number of benzene rings is 2. The van der Waals surface area contributed by atoms with Crippen LogP contribution in [0.3, 0.4) is 0 Å². The lowest BCUT2D eigenvalue weighted by Crippen LogP contribution is -2.39. The van der Waals surface area contributed by atoms with Crippen molar-refractivity contribution < 1.29 is 14.4 Å². The van der Waals surface area contributed by atoms with Crippen LogP contribution in [0.4, 0.5) is 10.5 Å². The van der Waals surface area contributed by atoms with E-state index < -0.39 is 6.04 Å². The minimum atomic E-state index is -0.462. The summed E-state index contributed by atoms with van der Waals surface area (Å²) in [5, 5.41) is 2.91. The fourth-order valence-electron chi connectivity index (χ4n) is 3.73. The summed E-state index contributed by atoms with van der Waals surface area (Å²) < 4.78 is 0. The first kappa shape index (κ1) is 18.2. The van der Waals surface area contributed by atoms with E-state index in [1.54, 1.807) is 29.2 Å². The van der Waals surface area contributed by atoms with E-state index in [0.717, 1.165) is 17.5 Å². The quantitative estimate of drug-likeness (QED) is 0.833. The Bertz CT molecular complexity index is 895. The van der Waals surface area contributed by atoms with Gasteiger partial charge in [0.1, 0.15) is 6.04 Å². The molecule has 6 heteroatoms. The topological polar surface area (TPSA) is 69.7 Å². The van der Waals surface area contributed by atoms with Gasteiger partial charge in [-0.3, -0.25) is 9.59 Å². The van der Waals surface area contributed by atoms with Gasteiger partial charge in [0.25, 0.3) is 11.8 Å². The molecule has 1 fully saturated rings. The molecular weight excluding hydrogens is 354 g/mol. The maximum absolute atomic E-state index is 12.9. The maximum Gasteiger partial charge on any atom is 0.332 e. The van der Waals surface area contributed by atoms with E-state index in [1.165, 1.54) is 4.90 Å². The summed E-state index contributed by atoms with van der Waals surface area (Å²) >= 11 is 0. The standard InChI is InChI=1S/C22H23N3O3/c1-3-14(2)23-20(26)15-8-10-18(11-9-15)25-21(27)19-12-16-6-4-5-7-17(16)13-24(19)22(25)28/h4-11,14,19H,3,12-13H2,1-2H3,(H,23,26)/t14-,19+/m1/s1. The summed E-state index contributed by atoms with van der Waals surface area (Å²) in [6.45, 7) is 4.39. The third kappa shape index (κ3) is 3.05. The fourth-order valence-corrected chi connectivity index (χ4v) is 3.73. The monoisotopic (exact) mass is 377 g/mol. The van der Waals surface area contributed by atoms with Crippen LogP contribution in [-0.4, -0.2) is 34.8 Å². The average molecular weight is 377 g/mol. The molecule has 0 spiro atoms. The maximum atomic E-state index is 12.9.